The van der Waals surface area contributed by atoms with E-state index in [1.807, 2.05) is 24.3 Å². The standard InChI is InChI=1S/C26H20N8O3/c1-33(26(36)17-7-19-18(9-29-17)31-24(27)20-10-28-12-34(19)20)21-11-37-22-5-13(2-3-16(21)22)15-4-14-6-23(35)32-25(14)30-8-15/h2-5,7-10,12,21H,6,11H2,1H3,(H2,27,31)(H,30,32,35). The number of imidazole rings is 1. The van der Waals surface area contributed by atoms with Gasteiger partial charge in [-0.05, 0) is 23.8 Å². The molecule has 37 heavy (non-hydrogen) atoms. The molecule has 182 valence electrons. The average Bonchev–Trinajstić information content (AvgIpc) is 3.64. The van der Waals surface area contributed by atoms with Crippen LogP contribution >= 0.6 is 0 Å². The van der Waals surface area contributed by atoms with Crippen LogP contribution in [0.3, 0.4) is 0 Å². The number of benzene rings is 1. The molecule has 2 aliphatic heterocycles. The second-order valence-electron chi connectivity index (χ2n) is 9.16. The predicted octanol–water partition coefficient (Wildman–Crippen LogP) is 2.62. The molecular weight excluding hydrogens is 472 g/mol. The van der Waals surface area contributed by atoms with E-state index >= 15 is 0 Å². The number of carbonyl (C=O) groups excluding carboxylic acids is 2. The van der Waals surface area contributed by atoms with Crippen LogP contribution in [0, 0.1) is 0 Å². The third-order valence-electron chi connectivity index (χ3n) is 6.95. The van der Waals surface area contributed by atoms with Crippen LogP contribution in [0.4, 0.5) is 11.6 Å². The number of likely N-dealkylation sites (N-methyl/N-ethyl adjacent to an activating group) is 1. The van der Waals surface area contributed by atoms with Gasteiger partial charge >= 0.3 is 0 Å². The molecule has 4 aromatic heterocycles. The third kappa shape index (κ3) is 3.28. The van der Waals surface area contributed by atoms with Gasteiger partial charge in [-0.15, -0.1) is 0 Å². The van der Waals surface area contributed by atoms with Gasteiger partial charge in [-0.2, -0.15) is 0 Å². The molecule has 5 aromatic rings. The maximum atomic E-state index is 13.4. The first-order valence-corrected chi connectivity index (χ1v) is 11.7. The van der Waals surface area contributed by atoms with Crippen molar-refractivity contribution in [3.63, 3.8) is 0 Å². The van der Waals surface area contributed by atoms with Crippen molar-refractivity contribution in [2.24, 2.45) is 0 Å². The summed E-state index contributed by atoms with van der Waals surface area (Å²) in [5.74, 6) is 1.38. The zero-order valence-electron chi connectivity index (χ0n) is 19.7. The summed E-state index contributed by atoms with van der Waals surface area (Å²) >= 11 is 0. The summed E-state index contributed by atoms with van der Waals surface area (Å²) in [4.78, 5) is 44.0. The number of anilines is 2. The van der Waals surface area contributed by atoms with E-state index < -0.39 is 0 Å². The smallest absolute Gasteiger partial charge is 0.272 e. The third-order valence-corrected chi connectivity index (χ3v) is 6.95. The molecule has 2 amide bonds. The van der Waals surface area contributed by atoms with Crippen LogP contribution in [0.15, 0.2) is 55.2 Å². The van der Waals surface area contributed by atoms with Crippen molar-refractivity contribution in [3.05, 3.63) is 72.1 Å². The van der Waals surface area contributed by atoms with Crippen LogP contribution in [0.1, 0.15) is 27.7 Å². The Kier molecular flexibility index (Phi) is 4.43. The first kappa shape index (κ1) is 21.2. The second kappa shape index (κ2) is 7.72. The topological polar surface area (TPSA) is 141 Å². The number of carbonyl (C=O) groups is 2. The summed E-state index contributed by atoms with van der Waals surface area (Å²) in [5, 5.41) is 2.75. The largest absolute Gasteiger partial charge is 0.491 e. The quantitative estimate of drug-likeness (QED) is 0.392. The Morgan fingerprint density at radius 3 is 2.92 bits per heavy atom. The summed E-state index contributed by atoms with van der Waals surface area (Å²) < 4.78 is 7.78. The van der Waals surface area contributed by atoms with Gasteiger partial charge in [-0.1, -0.05) is 12.1 Å². The molecule has 0 saturated heterocycles. The number of aromatic nitrogens is 5. The predicted molar refractivity (Wildman–Crippen MR) is 135 cm³/mol. The fourth-order valence-electron chi connectivity index (χ4n) is 4.98. The minimum atomic E-state index is -0.271. The number of pyridine rings is 2. The highest BCUT2D eigenvalue weighted by Crippen LogP contribution is 2.39. The van der Waals surface area contributed by atoms with E-state index in [4.69, 9.17) is 10.5 Å². The van der Waals surface area contributed by atoms with Crippen LogP contribution in [0.5, 0.6) is 5.75 Å². The van der Waals surface area contributed by atoms with Crippen molar-refractivity contribution in [1.82, 2.24) is 29.2 Å². The van der Waals surface area contributed by atoms with Crippen LogP contribution in [0.25, 0.3) is 27.7 Å². The van der Waals surface area contributed by atoms with Crippen molar-refractivity contribution >= 4 is 40.0 Å². The minimum absolute atomic E-state index is 0.0526. The molecule has 11 nitrogen and oxygen atoms in total. The van der Waals surface area contributed by atoms with Crippen LogP contribution < -0.4 is 15.8 Å². The van der Waals surface area contributed by atoms with Gasteiger partial charge in [0, 0.05) is 29.9 Å². The Hall–Kier alpha value is -5.06. The summed E-state index contributed by atoms with van der Waals surface area (Å²) in [6, 6.07) is 9.29. The van der Waals surface area contributed by atoms with Crippen LogP contribution in [-0.4, -0.2) is 54.7 Å². The zero-order valence-corrected chi connectivity index (χ0v) is 19.7. The Bertz CT molecular complexity index is 1780. The van der Waals surface area contributed by atoms with E-state index in [1.165, 1.54) is 0 Å². The molecule has 0 saturated carbocycles. The molecule has 0 fully saturated rings. The number of rotatable bonds is 3. The molecule has 3 N–H and O–H groups in total. The molecule has 1 aromatic carbocycles. The highest BCUT2D eigenvalue weighted by Gasteiger charge is 2.32. The summed E-state index contributed by atoms with van der Waals surface area (Å²) in [6.45, 7) is 0.333. The van der Waals surface area contributed by atoms with Gasteiger partial charge in [-0.3, -0.25) is 14.0 Å². The summed E-state index contributed by atoms with van der Waals surface area (Å²) in [6.07, 6.45) is 6.87. The lowest BCUT2D eigenvalue weighted by Crippen LogP contribution is -2.32. The zero-order chi connectivity index (χ0) is 25.3. The maximum absolute atomic E-state index is 13.4. The fraction of sp³-hybridized carbons (Fsp3) is 0.154. The van der Waals surface area contributed by atoms with Gasteiger partial charge in [0.25, 0.3) is 5.91 Å². The van der Waals surface area contributed by atoms with E-state index in [9.17, 15) is 9.59 Å². The Morgan fingerprint density at radius 1 is 1.14 bits per heavy atom. The van der Waals surface area contributed by atoms with Gasteiger partial charge in [0.1, 0.15) is 40.7 Å². The highest BCUT2D eigenvalue weighted by molar-refractivity contribution is 5.98. The van der Waals surface area contributed by atoms with Gasteiger partial charge < -0.3 is 20.7 Å². The van der Waals surface area contributed by atoms with E-state index in [0.29, 0.717) is 47.0 Å². The van der Waals surface area contributed by atoms with Crippen molar-refractivity contribution in [1.29, 1.82) is 0 Å². The molecule has 7 rings (SSSR count). The summed E-state index contributed by atoms with van der Waals surface area (Å²) in [5.41, 5.74) is 11.8. The van der Waals surface area contributed by atoms with E-state index in [2.05, 4.69) is 25.3 Å². The number of amides is 2. The summed E-state index contributed by atoms with van der Waals surface area (Å²) in [7, 11) is 1.74. The number of hydrogen-bond donors (Lipinski definition) is 2. The molecule has 2 aliphatic rings. The van der Waals surface area contributed by atoms with Crippen molar-refractivity contribution in [3.8, 4) is 16.9 Å². The number of nitrogens with one attached hydrogen (secondary N) is 1. The molecule has 1 atom stereocenters. The molecular formula is C26H20N8O3. The lowest BCUT2D eigenvalue weighted by Gasteiger charge is -2.23. The van der Waals surface area contributed by atoms with Crippen LogP contribution in [-0.2, 0) is 11.2 Å². The molecule has 1 unspecified atom stereocenters. The molecule has 0 bridgehead atoms. The number of nitrogen functional groups attached to an aromatic ring is 1. The van der Waals surface area contributed by atoms with E-state index in [-0.39, 0.29) is 23.6 Å². The van der Waals surface area contributed by atoms with Gasteiger partial charge in [0.15, 0.2) is 0 Å². The minimum Gasteiger partial charge on any atom is -0.491 e. The Labute approximate surface area is 209 Å². The van der Waals surface area contributed by atoms with Crippen molar-refractivity contribution in [2.45, 2.75) is 12.5 Å². The fourth-order valence-corrected chi connectivity index (χ4v) is 4.98. The molecule has 0 aliphatic carbocycles. The molecule has 11 heteroatoms. The second-order valence-corrected chi connectivity index (χ2v) is 9.16. The molecule has 6 heterocycles. The Balaban J connectivity index is 1.18. The van der Waals surface area contributed by atoms with Gasteiger partial charge in [0.2, 0.25) is 5.91 Å². The van der Waals surface area contributed by atoms with E-state index in [1.54, 1.807) is 47.3 Å². The molecule has 0 spiro atoms. The monoisotopic (exact) mass is 492 g/mol. The maximum Gasteiger partial charge on any atom is 0.272 e. The van der Waals surface area contributed by atoms with Gasteiger partial charge in [-0.25, -0.2) is 19.9 Å². The molecule has 0 radical (unpaired) electrons. The number of hydrogen-bond acceptors (Lipinski definition) is 8. The van der Waals surface area contributed by atoms with Gasteiger partial charge in [0.05, 0.1) is 36.7 Å². The van der Waals surface area contributed by atoms with Crippen molar-refractivity contribution in [2.75, 3.05) is 24.7 Å². The first-order chi connectivity index (χ1) is 18.0. The number of fused-ring (bicyclic) bond motifs is 5. The average molecular weight is 492 g/mol. The van der Waals surface area contributed by atoms with Crippen molar-refractivity contribution < 1.29 is 14.3 Å². The Morgan fingerprint density at radius 2 is 2.03 bits per heavy atom. The SMILES string of the molecule is CN(C(=O)c1cc2c(cn1)nc(N)c1cncn12)C1COc2cc(-c3cnc4c(c3)CC(=O)N4)ccc21. The van der Waals surface area contributed by atoms with Crippen LogP contribution in [0.2, 0.25) is 0 Å². The first-order valence-electron chi connectivity index (χ1n) is 11.7. The highest BCUT2D eigenvalue weighted by atomic mass is 16.5. The normalized spacial score (nSPS) is 15.9. The lowest BCUT2D eigenvalue weighted by atomic mass is 10.0. The lowest BCUT2D eigenvalue weighted by molar-refractivity contribution is -0.115. The number of ether oxygens (including phenoxy) is 1. The number of nitrogens with two attached hydrogens (primary N) is 1. The van der Waals surface area contributed by atoms with E-state index in [0.717, 1.165) is 22.3 Å². The number of nitrogens with zero attached hydrogens (tertiary/aromatic N) is 6.